The summed E-state index contributed by atoms with van der Waals surface area (Å²) in [7, 11) is 0. The number of benzene rings is 2. The molecule has 0 bridgehead atoms. The van der Waals surface area contributed by atoms with Gasteiger partial charge in [-0.05, 0) is 48.0 Å². The smallest absolute Gasteiger partial charge is 0.330 e. The average molecular weight is 846 g/mol. The number of rotatable bonds is 13. The summed E-state index contributed by atoms with van der Waals surface area (Å²) in [6.07, 6.45) is -13.9. The Bertz CT molecular complexity index is 2090. The second-order valence-corrected chi connectivity index (χ2v) is 13.8. The molecule has 11 atom stereocenters. The fraction of sp³-hybridized carbons (Fsp3) is 0.359. The van der Waals surface area contributed by atoms with Crippen LogP contribution in [0.4, 0.5) is 0 Å². The van der Waals surface area contributed by atoms with Crippen LogP contribution in [0.25, 0.3) is 11.8 Å². The van der Waals surface area contributed by atoms with Crippen LogP contribution in [0.2, 0.25) is 0 Å². The number of hydrogen-bond donors (Lipinski definition) is 11. The van der Waals surface area contributed by atoms with Crippen LogP contribution in [0.3, 0.4) is 0 Å². The van der Waals surface area contributed by atoms with Crippen molar-refractivity contribution in [2.45, 2.75) is 73.9 Å². The molecule has 0 saturated carbocycles. The van der Waals surface area contributed by atoms with Crippen LogP contribution >= 0.6 is 0 Å². The molecule has 21 heteroatoms. The Morgan fingerprint density at radius 2 is 1.33 bits per heavy atom. The molecule has 2 aromatic carbocycles. The molecule has 2 aromatic rings. The van der Waals surface area contributed by atoms with Crippen molar-refractivity contribution < 1.29 is 104 Å². The molecule has 2 fully saturated rings. The predicted molar refractivity (Wildman–Crippen MR) is 196 cm³/mol. The van der Waals surface area contributed by atoms with E-state index in [0.717, 1.165) is 12.2 Å². The number of phenols is 3. The highest BCUT2D eigenvalue weighted by Crippen LogP contribution is 2.39. The van der Waals surface area contributed by atoms with Gasteiger partial charge in [0.05, 0.1) is 17.2 Å². The fourth-order valence-corrected chi connectivity index (χ4v) is 6.29. The lowest BCUT2D eigenvalue weighted by molar-refractivity contribution is -0.292. The molecule has 21 nitrogen and oxygen atoms in total. The van der Waals surface area contributed by atoms with E-state index in [1.807, 2.05) is 0 Å². The van der Waals surface area contributed by atoms with Gasteiger partial charge in [-0.2, -0.15) is 0 Å². The number of esters is 2. The van der Waals surface area contributed by atoms with Crippen molar-refractivity contribution in [1.29, 1.82) is 0 Å². The van der Waals surface area contributed by atoms with Gasteiger partial charge in [-0.3, -0.25) is 9.59 Å². The minimum atomic E-state index is -1.93. The van der Waals surface area contributed by atoms with E-state index < -0.39 is 111 Å². The van der Waals surface area contributed by atoms with Gasteiger partial charge in [-0.25, -0.2) is 4.79 Å². The molecule has 11 unspecified atom stereocenters. The van der Waals surface area contributed by atoms with Gasteiger partial charge >= 0.3 is 23.7 Å². The van der Waals surface area contributed by atoms with Crippen LogP contribution in [0.15, 0.2) is 89.6 Å². The molecule has 12 N–H and O–H groups in total. The van der Waals surface area contributed by atoms with E-state index in [0.29, 0.717) is 11.1 Å². The van der Waals surface area contributed by atoms with E-state index in [-0.39, 0.29) is 40.1 Å². The quantitative estimate of drug-likeness (QED) is 0.0362. The van der Waals surface area contributed by atoms with Gasteiger partial charge in [-0.15, -0.1) is 0 Å². The average Bonchev–Trinajstić information content (AvgIpc) is 3.20. The first-order valence-electron chi connectivity index (χ1n) is 18.0. The molecule has 0 spiro atoms. The third kappa shape index (κ3) is 9.98. The van der Waals surface area contributed by atoms with Crippen molar-refractivity contribution in [1.82, 2.24) is 0 Å². The molecule has 6 rings (SSSR count). The van der Waals surface area contributed by atoms with Gasteiger partial charge < -0.3 is 89.3 Å². The van der Waals surface area contributed by atoms with Gasteiger partial charge in [0.1, 0.15) is 85.7 Å². The summed E-state index contributed by atoms with van der Waals surface area (Å²) in [4.78, 5) is 35.2. The lowest BCUT2D eigenvalue weighted by atomic mass is 9.96. The highest BCUT2D eigenvalue weighted by Gasteiger charge is 2.49. The van der Waals surface area contributed by atoms with Crippen LogP contribution < -0.4 is 0 Å². The van der Waals surface area contributed by atoms with Gasteiger partial charge in [0.15, 0.2) is 11.5 Å². The van der Waals surface area contributed by atoms with Gasteiger partial charge in [-0.1, -0.05) is 6.07 Å². The molecule has 0 radical (unpaired) electrons. The molecular formula is C39H41O21+. The largest absolute Gasteiger partial charge is 0.571 e. The SMILES string of the molecule is O=C(O)CC(=O)OCC1OC(OC2=CC(O)=CC3[OH+]C(c4ccc(O)cc4)=C(OC4OC(COC(=O)C=Cc5ccc(O)c(O)c5)C(O)C(O)C4O)C=C23)C(O)C(O)C1O. The number of aromatic hydroxyl groups is 3. The van der Waals surface area contributed by atoms with Crippen LogP contribution in [-0.2, 0) is 42.8 Å². The van der Waals surface area contributed by atoms with E-state index >= 15 is 0 Å². The molecule has 60 heavy (non-hydrogen) atoms. The van der Waals surface area contributed by atoms with Crippen molar-refractivity contribution in [2.24, 2.45) is 0 Å². The van der Waals surface area contributed by atoms with Crippen LogP contribution in [0.1, 0.15) is 17.5 Å². The first-order chi connectivity index (χ1) is 28.5. The Balaban J connectivity index is 1.24. The summed E-state index contributed by atoms with van der Waals surface area (Å²) >= 11 is 0. The number of fused-ring (bicyclic) bond motifs is 1. The van der Waals surface area contributed by atoms with Crippen LogP contribution in [0.5, 0.6) is 17.2 Å². The lowest BCUT2D eigenvalue weighted by Gasteiger charge is -2.41. The first-order valence-corrected chi connectivity index (χ1v) is 18.0. The van der Waals surface area contributed by atoms with E-state index in [2.05, 4.69) is 4.74 Å². The van der Waals surface area contributed by atoms with Crippen molar-refractivity contribution in [2.75, 3.05) is 13.2 Å². The predicted octanol–water partition coefficient (Wildman–Crippen LogP) is -1.43. The number of carboxylic acid groups (broad SMARTS) is 1. The van der Waals surface area contributed by atoms with E-state index in [9.17, 15) is 65.4 Å². The molecule has 1 aliphatic carbocycles. The lowest BCUT2D eigenvalue weighted by Crippen LogP contribution is -2.59. The number of carboxylic acids is 1. The maximum atomic E-state index is 12.5. The second-order valence-electron chi connectivity index (χ2n) is 13.8. The van der Waals surface area contributed by atoms with Gasteiger partial charge in [0.25, 0.3) is 0 Å². The van der Waals surface area contributed by atoms with Crippen molar-refractivity contribution in [3.8, 4) is 17.2 Å². The molecule has 3 heterocycles. The normalized spacial score (nSPS) is 30.2. The second kappa shape index (κ2) is 18.4. The van der Waals surface area contributed by atoms with Crippen molar-refractivity contribution >= 4 is 29.7 Å². The van der Waals surface area contributed by atoms with Crippen LogP contribution in [-0.4, -0.2) is 160 Å². The maximum absolute atomic E-state index is 12.5. The summed E-state index contributed by atoms with van der Waals surface area (Å²) < 4.78 is 38.0. The first kappa shape index (κ1) is 43.4. The minimum absolute atomic E-state index is 0.0505. The zero-order chi connectivity index (χ0) is 43.4. The van der Waals surface area contributed by atoms with Crippen molar-refractivity contribution in [3.05, 3.63) is 101 Å². The molecule has 3 aliphatic heterocycles. The molecule has 2 saturated heterocycles. The number of phenolic OH excluding ortho intramolecular Hbond substituents is 3. The maximum Gasteiger partial charge on any atom is 0.330 e. The number of aliphatic hydroxyl groups is 9. The topological polar surface area (TPSA) is 342 Å². The Kier molecular flexibility index (Phi) is 13.3. The molecule has 0 amide bonds. The monoisotopic (exact) mass is 845 g/mol. The van der Waals surface area contributed by atoms with E-state index in [4.69, 9.17) is 33.5 Å². The Morgan fingerprint density at radius 1 is 0.717 bits per heavy atom. The van der Waals surface area contributed by atoms with E-state index in [1.165, 1.54) is 60.7 Å². The highest BCUT2D eigenvalue weighted by atomic mass is 16.7. The number of hydrogen-bond acceptors (Lipinski definition) is 19. The fourth-order valence-electron chi connectivity index (χ4n) is 6.29. The number of aliphatic hydroxyl groups excluding tert-OH is 7. The summed E-state index contributed by atoms with van der Waals surface area (Å²) in [6, 6.07) is 9.40. The van der Waals surface area contributed by atoms with E-state index in [1.54, 1.807) is 0 Å². The van der Waals surface area contributed by atoms with Gasteiger partial charge in [0.2, 0.25) is 24.4 Å². The zero-order valence-electron chi connectivity index (χ0n) is 30.9. The Labute approximate surface area is 338 Å². The summed E-state index contributed by atoms with van der Waals surface area (Å²) in [5.41, 5.74) is 0.773. The molecular weight excluding hydrogens is 804 g/mol. The standard InChI is InChI=1S/C39H40O21/c40-18-5-3-17(4-6-18)37-25(58-39-36(53)34(51)31(48)26(60-39)14-54-29(46)8-2-16-1-7-21(42)22(43)9-16)12-20-23(56-37)10-19(41)11-24(20)57-38-35(52)33(50)32(49)27(59-38)15-55-30(47)13-28(44)45/h1-12,23,26-27,31-36,38-43,48-53H,13-15H2,(H,44,45)/p+1. The van der Waals surface area contributed by atoms with Gasteiger partial charge in [0, 0.05) is 18.2 Å². The summed E-state index contributed by atoms with van der Waals surface area (Å²) in [5, 5.41) is 113. The third-order valence-corrected chi connectivity index (χ3v) is 9.47. The van der Waals surface area contributed by atoms with Crippen LogP contribution in [0, 0.1) is 0 Å². The third-order valence-electron chi connectivity index (χ3n) is 9.47. The molecule has 0 aromatic heterocycles. The molecule has 4 aliphatic rings. The highest BCUT2D eigenvalue weighted by molar-refractivity contribution is 5.90. The Hall–Kier alpha value is -6.17. The number of carbonyl (C=O) groups is 3. The molecule has 322 valence electrons. The van der Waals surface area contributed by atoms with Crippen molar-refractivity contribution in [3.63, 3.8) is 0 Å². The number of carbonyl (C=O) groups excluding carboxylic acids is 2. The summed E-state index contributed by atoms with van der Waals surface area (Å²) in [6.45, 7) is -1.40. The summed E-state index contributed by atoms with van der Waals surface area (Å²) in [5.74, 6) is -5.23. The number of allylic oxidation sites excluding steroid dienone is 2. The number of aliphatic carboxylic acids is 1. The minimum Gasteiger partial charge on any atom is -0.571 e. The number of ether oxygens (including phenoxy) is 7. The Morgan fingerprint density at radius 3 is 1.95 bits per heavy atom. The zero-order valence-corrected chi connectivity index (χ0v) is 30.9.